The minimum Gasteiger partial charge on any atom is -0.490 e. The molecule has 1 atom stereocenters. The van der Waals surface area contributed by atoms with Gasteiger partial charge in [0.15, 0.2) is 11.5 Å². The lowest BCUT2D eigenvalue weighted by molar-refractivity contribution is 0.259. The summed E-state index contributed by atoms with van der Waals surface area (Å²) in [5.41, 5.74) is 5.95. The second kappa shape index (κ2) is 7.04. The highest BCUT2D eigenvalue weighted by Gasteiger charge is 2.14. The van der Waals surface area contributed by atoms with Crippen molar-refractivity contribution in [2.75, 3.05) is 13.2 Å². The highest BCUT2D eigenvalue weighted by molar-refractivity contribution is 5.39. The molecule has 2 rings (SSSR count). The van der Waals surface area contributed by atoms with Crippen molar-refractivity contribution >= 4 is 0 Å². The molecule has 3 nitrogen and oxygen atoms in total. The molecule has 0 radical (unpaired) electrons. The van der Waals surface area contributed by atoms with Crippen molar-refractivity contribution in [3.63, 3.8) is 0 Å². The van der Waals surface area contributed by atoms with Crippen LogP contribution in [0.3, 0.4) is 0 Å². The van der Waals surface area contributed by atoms with E-state index in [0.717, 1.165) is 18.2 Å². The normalized spacial score (nSPS) is 12.0. The van der Waals surface area contributed by atoms with E-state index < -0.39 is 17.7 Å². The van der Waals surface area contributed by atoms with E-state index in [0.29, 0.717) is 18.1 Å². The van der Waals surface area contributed by atoms with Gasteiger partial charge in [-0.25, -0.2) is 8.78 Å². The van der Waals surface area contributed by atoms with Crippen molar-refractivity contribution in [3.05, 3.63) is 59.7 Å². The highest BCUT2D eigenvalue weighted by Crippen LogP contribution is 2.27. The molecule has 0 heterocycles. The fourth-order valence-corrected chi connectivity index (χ4v) is 1.91. The molecule has 0 saturated carbocycles. The molecular formula is C16H17F2NO2. The van der Waals surface area contributed by atoms with E-state index in [4.69, 9.17) is 15.2 Å². The zero-order valence-electron chi connectivity index (χ0n) is 11.7. The first-order chi connectivity index (χ1) is 10.1. The molecule has 21 heavy (non-hydrogen) atoms. The summed E-state index contributed by atoms with van der Waals surface area (Å²) < 4.78 is 37.8. The molecule has 0 bridgehead atoms. The molecule has 2 aromatic carbocycles. The Morgan fingerprint density at radius 2 is 1.71 bits per heavy atom. The Hall–Kier alpha value is -2.14. The summed E-state index contributed by atoms with van der Waals surface area (Å²) >= 11 is 0. The van der Waals surface area contributed by atoms with Crippen LogP contribution in [0.15, 0.2) is 42.5 Å². The Morgan fingerprint density at radius 3 is 2.38 bits per heavy atom. The van der Waals surface area contributed by atoms with Crippen LogP contribution in [-0.2, 0) is 0 Å². The molecule has 0 aliphatic rings. The number of nitrogens with two attached hydrogens (primary N) is 1. The molecule has 0 aliphatic carbocycles. The van der Waals surface area contributed by atoms with Crippen LogP contribution < -0.4 is 15.2 Å². The lowest BCUT2D eigenvalue weighted by Crippen LogP contribution is -2.20. The van der Waals surface area contributed by atoms with E-state index in [2.05, 4.69) is 0 Å². The van der Waals surface area contributed by atoms with Crippen molar-refractivity contribution < 1.29 is 18.3 Å². The quantitative estimate of drug-likeness (QED) is 0.887. The Bertz CT molecular complexity index is 605. The molecule has 1 unspecified atom stereocenters. The summed E-state index contributed by atoms with van der Waals surface area (Å²) in [5, 5.41) is 0. The van der Waals surface area contributed by atoms with Crippen LogP contribution >= 0.6 is 0 Å². The first-order valence-corrected chi connectivity index (χ1v) is 6.67. The van der Waals surface area contributed by atoms with Crippen LogP contribution in [-0.4, -0.2) is 13.2 Å². The van der Waals surface area contributed by atoms with E-state index in [1.807, 2.05) is 13.0 Å². The molecule has 0 fully saturated rings. The van der Waals surface area contributed by atoms with Crippen LogP contribution in [0.2, 0.25) is 0 Å². The minimum absolute atomic E-state index is 0.0183. The Labute approximate surface area is 122 Å². The predicted octanol–water partition coefficient (Wildman–Crippen LogP) is 3.44. The molecule has 112 valence electrons. The van der Waals surface area contributed by atoms with E-state index >= 15 is 0 Å². The van der Waals surface area contributed by atoms with Gasteiger partial charge in [-0.15, -0.1) is 0 Å². The number of hydrogen-bond acceptors (Lipinski definition) is 3. The van der Waals surface area contributed by atoms with Crippen molar-refractivity contribution in [3.8, 4) is 11.5 Å². The summed E-state index contributed by atoms with van der Waals surface area (Å²) in [7, 11) is 0. The van der Waals surface area contributed by atoms with Crippen LogP contribution in [0, 0.1) is 11.6 Å². The Balaban J connectivity index is 2.07. The monoisotopic (exact) mass is 293 g/mol. The van der Waals surface area contributed by atoms with Gasteiger partial charge in [-0.2, -0.15) is 0 Å². The van der Waals surface area contributed by atoms with Crippen LogP contribution in [0.4, 0.5) is 8.78 Å². The van der Waals surface area contributed by atoms with Gasteiger partial charge in [0.1, 0.15) is 18.2 Å². The Morgan fingerprint density at radius 1 is 1.05 bits per heavy atom. The number of rotatable bonds is 6. The SMILES string of the molecule is CCOc1ccccc1OCC(N)c1cc(F)ccc1F. The van der Waals surface area contributed by atoms with Gasteiger partial charge >= 0.3 is 0 Å². The fourth-order valence-electron chi connectivity index (χ4n) is 1.91. The number of ether oxygens (including phenoxy) is 2. The summed E-state index contributed by atoms with van der Waals surface area (Å²) in [5.74, 6) is 0.0284. The summed E-state index contributed by atoms with van der Waals surface area (Å²) in [4.78, 5) is 0. The molecule has 0 aliphatic heterocycles. The van der Waals surface area contributed by atoms with Gasteiger partial charge in [-0.1, -0.05) is 12.1 Å². The zero-order valence-corrected chi connectivity index (χ0v) is 11.7. The molecule has 5 heteroatoms. The van der Waals surface area contributed by atoms with Gasteiger partial charge in [-0.05, 0) is 37.3 Å². The third-order valence-electron chi connectivity index (χ3n) is 2.92. The molecule has 0 aromatic heterocycles. The van der Waals surface area contributed by atoms with Crippen LogP contribution in [0.1, 0.15) is 18.5 Å². The van der Waals surface area contributed by atoms with Crippen LogP contribution in [0.25, 0.3) is 0 Å². The fraction of sp³-hybridized carbons (Fsp3) is 0.250. The summed E-state index contributed by atoms with van der Waals surface area (Å²) in [6.07, 6.45) is 0. The summed E-state index contributed by atoms with van der Waals surface area (Å²) in [6, 6.07) is 9.55. The number of hydrogen-bond donors (Lipinski definition) is 1. The first-order valence-electron chi connectivity index (χ1n) is 6.67. The second-order valence-electron chi connectivity index (χ2n) is 4.46. The molecular weight excluding hydrogens is 276 g/mol. The van der Waals surface area contributed by atoms with Gasteiger partial charge in [0.25, 0.3) is 0 Å². The molecule has 0 amide bonds. The largest absolute Gasteiger partial charge is 0.490 e. The average Bonchev–Trinajstić information content (AvgIpc) is 2.49. The number of benzene rings is 2. The minimum atomic E-state index is -0.768. The van der Waals surface area contributed by atoms with Crippen molar-refractivity contribution in [2.45, 2.75) is 13.0 Å². The van der Waals surface area contributed by atoms with Gasteiger partial charge in [0.05, 0.1) is 12.6 Å². The first kappa shape index (κ1) is 15.3. The van der Waals surface area contributed by atoms with E-state index in [1.165, 1.54) is 0 Å². The van der Waals surface area contributed by atoms with Crippen molar-refractivity contribution in [1.29, 1.82) is 0 Å². The average molecular weight is 293 g/mol. The maximum Gasteiger partial charge on any atom is 0.161 e. The molecule has 2 aromatic rings. The smallest absolute Gasteiger partial charge is 0.161 e. The predicted molar refractivity (Wildman–Crippen MR) is 76.4 cm³/mol. The van der Waals surface area contributed by atoms with E-state index in [9.17, 15) is 8.78 Å². The third-order valence-corrected chi connectivity index (χ3v) is 2.92. The van der Waals surface area contributed by atoms with Crippen molar-refractivity contribution in [1.82, 2.24) is 0 Å². The topological polar surface area (TPSA) is 44.5 Å². The Kier molecular flexibility index (Phi) is 5.11. The molecule has 0 saturated heterocycles. The number of halogens is 2. The maximum absolute atomic E-state index is 13.6. The zero-order chi connectivity index (χ0) is 15.2. The van der Waals surface area contributed by atoms with Gasteiger partial charge in [0.2, 0.25) is 0 Å². The van der Waals surface area contributed by atoms with Gasteiger partial charge in [0, 0.05) is 5.56 Å². The molecule has 2 N–H and O–H groups in total. The third kappa shape index (κ3) is 3.92. The maximum atomic E-state index is 13.6. The van der Waals surface area contributed by atoms with Gasteiger partial charge in [-0.3, -0.25) is 0 Å². The number of para-hydroxylation sites is 2. The summed E-state index contributed by atoms with van der Waals surface area (Å²) in [6.45, 7) is 2.39. The molecule has 0 spiro atoms. The van der Waals surface area contributed by atoms with Crippen LogP contribution in [0.5, 0.6) is 11.5 Å². The standard InChI is InChI=1S/C16H17F2NO2/c1-2-20-15-5-3-4-6-16(15)21-10-14(19)12-9-11(17)7-8-13(12)18/h3-9,14H,2,10,19H2,1H3. The van der Waals surface area contributed by atoms with E-state index in [-0.39, 0.29) is 12.2 Å². The highest BCUT2D eigenvalue weighted by atomic mass is 19.1. The lowest BCUT2D eigenvalue weighted by Gasteiger charge is -2.16. The van der Waals surface area contributed by atoms with Gasteiger partial charge < -0.3 is 15.2 Å². The van der Waals surface area contributed by atoms with E-state index in [1.54, 1.807) is 18.2 Å². The van der Waals surface area contributed by atoms with Crippen molar-refractivity contribution in [2.24, 2.45) is 5.73 Å². The lowest BCUT2D eigenvalue weighted by atomic mass is 10.1. The second-order valence-corrected chi connectivity index (χ2v) is 4.46.